The first-order chi connectivity index (χ1) is 8.99. The van der Waals surface area contributed by atoms with E-state index in [1.807, 2.05) is 24.3 Å². The summed E-state index contributed by atoms with van der Waals surface area (Å²) in [4.78, 5) is 10.8. The highest BCUT2D eigenvalue weighted by Crippen LogP contribution is 2.20. The van der Waals surface area contributed by atoms with Crippen molar-refractivity contribution in [2.45, 2.75) is 26.2 Å². The highest BCUT2D eigenvalue weighted by Gasteiger charge is 2.15. The van der Waals surface area contributed by atoms with Crippen LogP contribution < -0.4 is 0 Å². The average molecular weight is 280 g/mol. The molecule has 1 aromatic carbocycles. The number of hydrogen-bond acceptors (Lipinski definition) is 3. The fourth-order valence-corrected chi connectivity index (χ4v) is 1.96. The summed E-state index contributed by atoms with van der Waals surface area (Å²) in [5.74, 6) is -0.531. The molecule has 0 spiro atoms. The Morgan fingerprint density at radius 1 is 1.37 bits per heavy atom. The maximum Gasteiger partial charge on any atom is 0.309 e. The zero-order chi connectivity index (χ0) is 14.0. The molecule has 19 heavy (non-hydrogen) atoms. The molecule has 0 aliphatic rings. The van der Waals surface area contributed by atoms with Gasteiger partial charge < -0.3 is 5.11 Å². The number of carbonyl (C=O) groups is 1. The van der Waals surface area contributed by atoms with E-state index in [0.717, 1.165) is 5.69 Å². The molecule has 1 aromatic heterocycles. The first-order valence-electron chi connectivity index (χ1n) is 5.91. The lowest BCUT2D eigenvalue weighted by Crippen LogP contribution is -2.08. The second kappa shape index (κ2) is 5.40. The highest BCUT2D eigenvalue weighted by molar-refractivity contribution is 6.30. The Morgan fingerprint density at radius 2 is 2.00 bits per heavy atom. The summed E-state index contributed by atoms with van der Waals surface area (Å²) in [6.07, 6.45) is -0.211. The van der Waals surface area contributed by atoms with Gasteiger partial charge in [0.05, 0.1) is 17.8 Å². The second-order valence-electron chi connectivity index (χ2n) is 4.56. The maximum absolute atomic E-state index is 10.8. The largest absolute Gasteiger partial charge is 0.481 e. The molecule has 2 aromatic rings. The summed E-state index contributed by atoms with van der Waals surface area (Å²) in [7, 11) is 0. The number of nitrogens with zero attached hydrogens (tertiary/aromatic N) is 3. The smallest absolute Gasteiger partial charge is 0.309 e. The SMILES string of the molecule is CC(C)c1ccc(-n2nnc(Cl)c2CC(=O)O)cc1. The summed E-state index contributed by atoms with van der Waals surface area (Å²) in [6.45, 7) is 4.22. The van der Waals surface area contributed by atoms with Gasteiger partial charge in [-0.25, -0.2) is 4.68 Å². The van der Waals surface area contributed by atoms with Crippen LogP contribution >= 0.6 is 11.6 Å². The molecule has 0 radical (unpaired) electrons. The van der Waals surface area contributed by atoms with Gasteiger partial charge in [-0.15, -0.1) is 5.10 Å². The molecule has 0 amide bonds. The van der Waals surface area contributed by atoms with E-state index in [0.29, 0.717) is 11.6 Å². The monoisotopic (exact) mass is 279 g/mol. The Hall–Kier alpha value is -1.88. The molecule has 0 unspecified atom stereocenters. The molecule has 0 saturated heterocycles. The van der Waals surface area contributed by atoms with Crippen molar-refractivity contribution in [3.63, 3.8) is 0 Å². The van der Waals surface area contributed by atoms with Crippen LogP contribution in [0.3, 0.4) is 0 Å². The fraction of sp³-hybridized carbons (Fsp3) is 0.308. The van der Waals surface area contributed by atoms with Crippen LogP contribution in [0.1, 0.15) is 31.0 Å². The normalized spacial score (nSPS) is 10.9. The first kappa shape index (κ1) is 13.5. The predicted octanol–water partition coefficient (Wildman–Crippen LogP) is 2.67. The van der Waals surface area contributed by atoms with Gasteiger partial charge in [-0.3, -0.25) is 4.79 Å². The van der Waals surface area contributed by atoms with Gasteiger partial charge in [0, 0.05) is 0 Å². The molecule has 2 rings (SSSR count). The van der Waals surface area contributed by atoms with E-state index < -0.39 is 5.97 Å². The summed E-state index contributed by atoms with van der Waals surface area (Å²) in [5, 5.41) is 16.6. The van der Waals surface area contributed by atoms with Crippen molar-refractivity contribution >= 4 is 17.6 Å². The third-order valence-corrected chi connectivity index (χ3v) is 3.13. The van der Waals surface area contributed by atoms with Gasteiger partial charge in [0.1, 0.15) is 0 Å². The number of rotatable bonds is 4. The zero-order valence-electron chi connectivity index (χ0n) is 10.7. The third-order valence-electron chi connectivity index (χ3n) is 2.84. The number of carboxylic acids is 1. The van der Waals surface area contributed by atoms with Crippen LogP contribution in [0.15, 0.2) is 24.3 Å². The van der Waals surface area contributed by atoms with Gasteiger partial charge in [-0.1, -0.05) is 42.8 Å². The quantitative estimate of drug-likeness (QED) is 0.934. The lowest BCUT2D eigenvalue weighted by molar-refractivity contribution is -0.136. The lowest BCUT2D eigenvalue weighted by Gasteiger charge is -2.08. The molecular formula is C13H14ClN3O2. The molecule has 1 N–H and O–H groups in total. The molecule has 5 nitrogen and oxygen atoms in total. The minimum Gasteiger partial charge on any atom is -0.481 e. The molecule has 0 fully saturated rings. The molecule has 0 aliphatic carbocycles. The molecule has 0 saturated carbocycles. The van der Waals surface area contributed by atoms with Crippen molar-refractivity contribution in [3.8, 4) is 5.69 Å². The van der Waals surface area contributed by atoms with Crippen molar-refractivity contribution in [3.05, 3.63) is 40.7 Å². The van der Waals surface area contributed by atoms with Gasteiger partial charge >= 0.3 is 5.97 Å². The van der Waals surface area contributed by atoms with E-state index in [1.54, 1.807) is 0 Å². The van der Waals surface area contributed by atoms with Crippen molar-refractivity contribution < 1.29 is 9.90 Å². The number of hydrogen-bond donors (Lipinski definition) is 1. The maximum atomic E-state index is 10.8. The lowest BCUT2D eigenvalue weighted by atomic mass is 10.0. The van der Waals surface area contributed by atoms with Crippen molar-refractivity contribution in [2.24, 2.45) is 0 Å². The second-order valence-corrected chi connectivity index (χ2v) is 4.91. The van der Waals surface area contributed by atoms with Crippen LogP contribution in [0.4, 0.5) is 0 Å². The number of benzene rings is 1. The fourth-order valence-electron chi connectivity index (χ4n) is 1.78. The van der Waals surface area contributed by atoms with Gasteiger partial charge in [0.2, 0.25) is 0 Å². The Morgan fingerprint density at radius 3 is 2.53 bits per heavy atom. The molecule has 100 valence electrons. The number of aliphatic carboxylic acids is 1. The molecule has 1 heterocycles. The van der Waals surface area contributed by atoms with Crippen LogP contribution in [0.2, 0.25) is 5.15 Å². The standard InChI is InChI=1S/C13H14ClN3O2/c1-8(2)9-3-5-10(6-4-9)17-11(7-12(18)19)13(14)15-16-17/h3-6,8H,7H2,1-2H3,(H,18,19). The Kier molecular flexibility index (Phi) is 3.85. The van der Waals surface area contributed by atoms with Crippen molar-refractivity contribution in [1.29, 1.82) is 0 Å². The van der Waals surface area contributed by atoms with Gasteiger partial charge in [0.15, 0.2) is 5.15 Å². The predicted molar refractivity (Wildman–Crippen MR) is 71.8 cm³/mol. The Labute approximate surface area is 115 Å². The molecule has 0 bridgehead atoms. The zero-order valence-corrected chi connectivity index (χ0v) is 11.4. The topological polar surface area (TPSA) is 68.0 Å². The van der Waals surface area contributed by atoms with Crippen molar-refractivity contribution in [2.75, 3.05) is 0 Å². The average Bonchev–Trinajstić information content (AvgIpc) is 2.71. The summed E-state index contributed by atoms with van der Waals surface area (Å²) in [6, 6.07) is 7.73. The van der Waals surface area contributed by atoms with E-state index in [9.17, 15) is 4.79 Å². The summed E-state index contributed by atoms with van der Waals surface area (Å²) < 4.78 is 1.46. The third kappa shape index (κ3) is 2.93. The van der Waals surface area contributed by atoms with Gasteiger partial charge in [-0.05, 0) is 23.6 Å². The first-order valence-corrected chi connectivity index (χ1v) is 6.29. The summed E-state index contributed by atoms with van der Waals surface area (Å²) >= 11 is 5.86. The van der Waals surface area contributed by atoms with E-state index in [2.05, 4.69) is 24.2 Å². The molecule has 6 heteroatoms. The van der Waals surface area contributed by atoms with Crippen LogP contribution in [0.5, 0.6) is 0 Å². The van der Waals surface area contributed by atoms with E-state index >= 15 is 0 Å². The van der Waals surface area contributed by atoms with Gasteiger partial charge in [0.25, 0.3) is 0 Å². The molecule has 0 aliphatic heterocycles. The minimum absolute atomic E-state index is 0.121. The minimum atomic E-state index is -0.968. The van der Waals surface area contributed by atoms with E-state index in [4.69, 9.17) is 16.7 Å². The number of halogens is 1. The van der Waals surface area contributed by atoms with Crippen LogP contribution in [-0.2, 0) is 11.2 Å². The van der Waals surface area contributed by atoms with E-state index in [-0.39, 0.29) is 11.6 Å². The van der Waals surface area contributed by atoms with Crippen LogP contribution in [0, 0.1) is 0 Å². The number of carboxylic acid groups (broad SMARTS) is 1. The molecule has 0 atom stereocenters. The van der Waals surface area contributed by atoms with Crippen molar-refractivity contribution in [1.82, 2.24) is 15.0 Å². The summed E-state index contributed by atoms with van der Waals surface area (Å²) in [5.41, 5.74) is 2.33. The molecular weight excluding hydrogens is 266 g/mol. The van der Waals surface area contributed by atoms with Crippen LogP contribution in [-0.4, -0.2) is 26.1 Å². The Bertz CT molecular complexity index is 590. The highest BCUT2D eigenvalue weighted by atomic mass is 35.5. The van der Waals surface area contributed by atoms with Gasteiger partial charge in [-0.2, -0.15) is 0 Å². The Balaban J connectivity index is 2.38. The number of aromatic nitrogens is 3. The van der Waals surface area contributed by atoms with E-state index in [1.165, 1.54) is 10.2 Å². The van der Waals surface area contributed by atoms with Crippen LogP contribution in [0.25, 0.3) is 5.69 Å².